The van der Waals surface area contributed by atoms with Crippen LogP contribution in [0.3, 0.4) is 0 Å². The molecule has 1 aromatic heterocycles. The minimum Gasteiger partial charge on any atom is -0.450 e. The van der Waals surface area contributed by atoms with Crippen molar-refractivity contribution in [2.45, 2.75) is 78.2 Å². The highest BCUT2D eigenvalue weighted by Gasteiger charge is 2.44. The molecule has 0 saturated heterocycles. The van der Waals surface area contributed by atoms with E-state index in [2.05, 4.69) is 75.9 Å². The van der Waals surface area contributed by atoms with E-state index in [4.69, 9.17) is 20.7 Å². The van der Waals surface area contributed by atoms with E-state index in [-0.39, 0.29) is 17.4 Å². The van der Waals surface area contributed by atoms with Crippen molar-refractivity contribution < 1.29 is 14.1 Å². The first-order valence-corrected chi connectivity index (χ1v) is 10.5. The quantitative estimate of drug-likeness (QED) is 0.615. The van der Waals surface area contributed by atoms with Gasteiger partial charge < -0.3 is 20.7 Å². The summed E-state index contributed by atoms with van der Waals surface area (Å²) in [6.07, 6.45) is 1.86. The Kier molecular flexibility index (Phi) is 7.29. The van der Waals surface area contributed by atoms with Crippen LogP contribution in [0.1, 0.15) is 83.6 Å². The predicted molar refractivity (Wildman–Crippen MR) is 117 cm³/mol. The summed E-state index contributed by atoms with van der Waals surface area (Å²) in [7, 11) is 0. The van der Waals surface area contributed by atoms with Gasteiger partial charge in [0.05, 0.1) is 6.61 Å². The van der Waals surface area contributed by atoms with Crippen LogP contribution in [-0.2, 0) is 22.1 Å². The molecule has 1 atom stereocenters. The zero-order valence-corrected chi connectivity index (χ0v) is 19.1. The highest BCUT2D eigenvalue weighted by Crippen LogP contribution is 2.40. The van der Waals surface area contributed by atoms with E-state index in [0.29, 0.717) is 31.0 Å². The summed E-state index contributed by atoms with van der Waals surface area (Å²) in [4.78, 5) is 15.3. The first-order valence-electron chi connectivity index (χ1n) is 10.5. The lowest BCUT2D eigenvalue weighted by atomic mass is 9.71. The normalized spacial score (nSPS) is 14.4. The maximum atomic E-state index is 10.7. The number of aromatic nitrogens is 2. The van der Waals surface area contributed by atoms with Gasteiger partial charge in [-0.3, -0.25) is 0 Å². The average Bonchev–Trinajstić information content (AvgIpc) is 3.08. The minimum atomic E-state index is -0.791. The van der Waals surface area contributed by atoms with Gasteiger partial charge in [0.1, 0.15) is 5.54 Å². The molecule has 4 N–H and O–H groups in total. The second-order valence-corrected chi connectivity index (χ2v) is 9.99. The molecule has 2 rings (SSSR count). The van der Waals surface area contributed by atoms with E-state index in [1.165, 1.54) is 5.56 Å². The largest absolute Gasteiger partial charge is 0.450 e. The highest BCUT2D eigenvalue weighted by molar-refractivity contribution is 5.64. The number of nitrogens with two attached hydrogens (primary N) is 2. The monoisotopic (exact) mass is 416 g/mol. The van der Waals surface area contributed by atoms with Crippen LogP contribution in [0, 0.1) is 5.41 Å². The van der Waals surface area contributed by atoms with Crippen LogP contribution in [0.2, 0.25) is 0 Å². The fraction of sp³-hybridized carbons (Fsp3) is 0.609. The van der Waals surface area contributed by atoms with Crippen molar-refractivity contribution in [2.75, 3.05) is 6.61 Å². The Balaban J connectivity index is 2.10. The number of carbonyl (C=O) groups is 1. The lowest BCUT2D eigenvalue weighted by Gasteiger charge is -2.38. The van der Waals surface area contributed by atoms with Gasteiger partial charge in [-0.25, -0.2) is 4.79 Å². The standard InChI is InChI=1S/C23H36N4O3/c1-21(2,3)17-11-9-16(10-12-17)15-18-26-19(30-27-18)23(25,22(4,5)6)13-7-8-14-29-20(24)28/h9-12H,7-8,13-15,25H2,1-6H3,(H2,24,28)/t23-/m1/s1. The van der Waals surface area contributed by atoms with Crippen LogP contribution in [0.25, 0.3) is 0 Å². The number of unbranched alkanes of at least 4 members (excludes halogenated alkanes) is 1. The molecule has 0 saturated carbocycles. The van der Waals surface area contributed by atoms with Crippen molar-refractivity contribution in [1.29, 1.82) is 0 Å². The van der Waals surface area contributed by atoms with Gasteiger partial charge in [-0.15, -0.1) is 0 Å². The summed E-state index contributed by atoms with van der Waals surface area (Å²) < 4.78 is 10.4. The van der Waals surface area contributed by atoms with Crippen molar-refractivity contribution in [3.8, 4) is 0 Å². The summed E-state index contributed by atoms with van der Waals surface area (Å²) in [6, 6.07) is 8.50. The van der Waals surface area contributed by atoms with Crippen LogP contribution >= 0.6 is 0 Å². The second-order valence-electron chi connectivity index (χ2n) is 9.99. The molecule has 0 aliphatic heterocycles. The number of carbonyl (C=O) groups excluding carboxylic acids is 1. The van der Waals surface area contributed by atoms with E-state index in [9.17, 15) is 4.79 Å². The molecule has 0 aliphatic rings. The molecule has 30 heavy (non-hydrogen) atoms. The smallest absolute Gasteiger partial charge is 0.404 e. The molecule has 7 nitrogen and oxygen atoms in total. The van der Waals surface area contributed by atoms with Gasteiger partial charge in [0.15, 0.2) is 5.82 Å². The summed E-state index contributed by atoms with van der Waals surface area (Å²) in [6.45, 7) is 13.0. The van der Waals surface area contributed by atoms with Gasteiger partial charge >= 0.3 is 6.09 Å². The van der Waals surface area contributed by atoms with E-state index >= 15 is 0 Å². The third-order valence-electron chi connectivity index (χ3n) is 5.58. The number of benzene rings is 1. The minimum absolute atomic E-state index is 0.117. The van der Waals surface area contributed by atoms with Crippen molar-refractivity contribution in [3.05, 3.63) is 47.1 Å². The van der Waals surface area contributed by atoms with E-state index < -0.39 is 11.6 Å². The third kappa shape index (κ3) is 6.05. The molecule has 0 spiro atoms. The van der Waals surface area contributed by atoms with E-state index in [1.807, 2.05) is 0 Å². The Morgan fingerprint density at radius 3 is 2.23 bits per heavy atom. The van der Waals surface area contributed by atoms with Gasteiger partial charge in [-0.1, -0.05) is 71.0 Å². The molecule has 166 valence electrons. The fourth-order valence-electron chi connectivity index (χ4n) is 3.29. The molecule has 1 aromatic carbocycles. The molecular formula is C23H36N4O3. The van der Waals surface area contributed by atoms with Crippen LogP contribution in [0.5, 0.6) is 0 Å². The number of primary amides is 1. The molecule has 0 aliphatic carbocycles. The van der Waals surface area contributed by atoms with Gasteiger partial charge in [0, 0.05) is 6.42 Å². The van der Waals surface area contributed by atoms with E-state index in [1.54, 1.807) is 0 Å². The summed E-state index contributed by atoms with van der Waals surface area (Å²) in [5, 5.41) is 4.18. The number of ether oxygens (including phenoxy) is 1. The van der Waals surface area contributed by atoms with Crippen LogP contribution in [-0.4, -0.2) is 22.8 Å². The summed E-state index contributed by atoms with van der Waals surface area (Å²) in [5.41, 5.74) is 13.2. The van der Waals surface area contributed by atoms with Crippen molar-refractivity contribution in [3.63, 3.8) is 0 Å². The maximum Gasteiger partial charge on any atom is 0.404 e. The Labute approximate surface area is 179 Å². The average molecular weight is 417 g/mol. The fourth-order valence-corrected chi connectivity index (χ4v) is 3.29. The number of amides is 1. The third-order valence-corrected chi connectivity index (χ3v) is 5.58. The number of rotatable bonds is 8. The van der Waals surface area contributed by atoms with Gasteiger partial charge in [-0.05, 0) is 41.2 Å². The first-order chi connectivity index (χ1) is 13.8. The number of hydrogen-bond donors (Lipinski definition) is 2. The molecule has 2 aromatic rings. The Hall–Kier alpha value is -2.41. The molecule has 0 bridgehead atoms. The number of hydrogen-bond acceptors (Lipinski definition) is 6. The Bertz CT molecular complexity index is 831. The molecule has 0 fully saturated rings. The predicted octanol–water partition coefficient (Wildman–Crippen LogP) is 4.42. The highest BCUT2D eigenvalue weighted by atomic mass is 16.5. The molecule has 7 heteroatoms. The van der Waals surface area contributed by atoms with Gasteiger partial charge in [0.25, 0.3) is 0 Å². The second kappa shape index (κ2) is 9.16. The molecule has 1 heterocycles. The molecule has 1 amide bonds. The van der Waals surface area contributed by atoms with Crippen molar-refractivity contribution in [2.24, 2.45) is 16.9 Å². The molecule has 0 unspecified atom stereocenters. The Morgan fingerprint density at radius 2 is 1.70 bits per heavy atom. The van der Waals surface area contributed by atoms with Gasteiger partial charge in [0.2, 0.25) is 5.89 Å². The Morgan fingerprint density at radius 1 is 1.07 bits per heavy atom. The van der Waals surface area contributed by atoms with Crippen molar-refractivity contribution >= 4 is 6.09 Å². The topological polar surface area (TPSA) is 117 Å². The van der Waals surface area contributed by atoms with Crippen LogP contribution in [0.4, 0.5) is 4.79 Å². The number of nitrogens with zero attached hydrogens (tertiary/aromatic N) is 2. The lowest BCUT2D eigenvalue weighted by Crippen LogP contribution is -2.48. The summed E-state index contributed by atoms with van der Waals surface area (Å²) >= 11 is 0. The maximum absolute atomic E-state index is 10.7. The van der Waals surface area contributed by atoms with Crippen LogP contribution < -0.4 is 11.5 Å². The van der Waals surface area contributed by atoms with E-state index in [0.717, 1.165) is 12.0 Å². The molecular weight excluding hydrogens is 380 g/mol. The SMILES string of the molecule is CC(C)(C)c1ccc(Cc2noc([C@](N)(CCCCOC(N)=O)C(C)(C)C)n2)cc1. The zero-order valence-electron chi connectivity index (χ0n) is 19.1. The first kappa shape index (κ1) is 23.9. The lowest BCUT2D eigenvalue weighted by molar-refractivity contribution is 0.116. The zero-order chi connectivity index (χ0) is 22.6. The summed E-state index contributed by atoms with van der Waals surface area (Å²) in [5.74, 6) is 1.05. The molecule has 0 radical (unpaired) electrons. The van der Waals surface area contributed by atoms with Crippen LogP contribution in [0.15, 0.2) is 28.8 Å². The van der Waals surface area contributed by atoms with Crippen molar-refractivity contribution in [1.82, 2.24) is 10.1 Å². The van der Waals surface area contributed by atoms with Gasteiger partial charge in [-0.2, -0.15) is 4.98 Å².